The Morgan fingerprint density at radius 3 is 2.45 bits per heavy atom. The van der Waals surface area contributed by atoms with Gasteiger partial charge in [-0.3, -0.25) is 4.79 Å². The molecule has 0 aliphatic carbocycles. The van der Waals surface area contributed by atoms with Crippen LogP contribution in [0.1, 0.15) is 40.0 Å². The minimum atomic E-state index is 0.0316. The smallest absolute Gasteiger partial charge is 0.222 e. The van der Waals surface area contributed by atoms with Crippen LogP contribution in [0.4, 0.5) is 0 Å². The summed E-state index contributed by atoms with van der Waals surface area (Å²) in [5.74, 6) is 0.749. The van der Waals surface area contributed by atoms with Gasteiger partial charge < -0.3 is 20.1 Å². The van der Waals surface area contributed by atoms with Gasteiger partial charge in [0.1, 0.15) is 0 Å². The number of carbonyl (C=O) groups excluding carboxylic acids is 1. The Morgan fingerprint density at radius 2 is 1.75 bits per heavy atom. The molecule has 0 fully saturated rings. The van der Waals surface area contributed by atoms with Gasteiger partial charge in [-0.15, -0.1) is 0 Å². The van der Waals surface area contributed by atoms with E-state index in [2.05, 4.69) is 31.4 Å². The topological polar surface area (TPSA) is 59.6 Å². The molecule has 2 N–H and O–H groups in total. The number of amides is 1. The molecule has 0 radical (unpaired) electrons. The molecule has 0 atom stereocenters. The highest BCUT2D eigenvalue weighted by Crippen LogP contribution is 2.03. The summed E-state index contributed by atoms with van der Waals surface area (Å²) in [6.45, 7) is 11.3. The molecule has 5 nitrogen and oxygen atoms in total. The largest absolute Gasteiger partial charge is 0.381 e. The molecule has 0 rings (SSSR count). The fraction of sp³-hybridized carbons (Fsp3) is 0.933. The van der Waals surface area contributed by atoms with E-state index in [1.165, 1.54) is 6.42 Å². The number of hydrogen-bond donors (Lipinski definition) is 2. The van der Waals surface area contributed by atoms with Crippen molar-refractivity contribution in [2.75, 3.05) is 46.1 Å². The minimum absolute atomic E-state index is 0.0316. The molecule has 0 aliphatic rings. The van der Waals surface area contributed by atoms with Crippen molar-refractivity contribution in [1.29, 1.82) is 0 Å². The van der Waals surface area contributed by atoms with Crippen LogP contribution < -0.4 is 10.6 Å². The molecule has 0 aliphatic heterocycles. The van der Waals surface area contributed by atoms with Crippen molar-refractivity contribution >= 4 is 5.91 Å². The summed E-state index contributed by atoms with van der Waals surface area (Å²) in [4.78, 5) is 11.5. The van der Waals surface area contributed by atoms with Crippen LogP contribution >= 0.6 is 0 Å². The van der Waals surface area contributed by atoms with Crippen LogP contribution in [0.5, 0.6) is 0 Å². The number of hydrogen-bond acceptors (Lipinski definition) is 4. The van der Waals surface area contributed by atoms with Gasteiger partial charge in [-0.2, -0.15) is 0 Å². The summed E-state index contributed by atoms with van der Waals surface area (Å²) in [7, 11) is 0. The maximum absolute atomic E-state index is 11.5. The van der Waals surface area contributed by atoms with Crippen LogP contribution in [-0.4, -0.2) is 52.0 Å². The standard InChI is InChI=1S/C15H32N2O3/c1-4-16-8-12-20-13-9-17-15(18)7-11-19-10-5-6-14(2)3/h14,16H,4-13H2,1-3H3,(H,17,18). The Balaban J connectivity index is 3.17. The zero-order valence-corrected chi connectivity index (χ0v) is 13.4. The lowest BCUT2D eigenvalue weighted by atomic mass is 10.1. The van der Waals surface area contributed by atoms with E-state index in [-0.39, 0.29) is 5.91 Å². The fourth-order valence-electron chi connectivity index (χ4n) is 1.63. The monoisotopic (exact) mass is 288 g/mol. The summed E-state index contributed by atoms with van der Waals surface area (Å²) >= 11 is 0. The van der Waals surface area contributed by atoms with E-state index in [0.29, 0.717) is 32.8 Å². The van der Waals surface area contributed by atoms with Crippen molar-refractivity contribution in [3.63, 3.8) is 0 Å². The average Bonchev–Trinajstić information content (AvgIpc) is 2.41. The Hall–Kier alpha value is -0.650. The molecule has 0 heterocycles. The zero-order chi connectivity index (χ0) is 15.1. The predicted molar refractivity (Wildman–Crippen MR) is 81.9 cm³/mol. The van der Waals surface area contributed by atoms with Crippen LogP contribution in [0.3, 0.4) is 0 Å². The molecular weight excluding hydrogens is 256 g/mol. The third-order valence-electron chi connectivity index (χ3n) is 2.79. The molecule has 0 spiro atoms. The molecule has 0 saturated heterocycles. The van der Waals surface area contributed by atoms with Gasteiger partial charge in [-0.1, -0.05) is 20.8 Å². The van der Waals surface area contributed by atoms with Crippen molar-refractivity contribution < 1.29 is 14.3 Å². The lowest BCUT2D eigenvalue weighted by molar-refractivity contribution is -0.122. The Morgan fingerprint density at radius 1 is 1.05 bits per heavy atom. The second-order valence-corrected chi connectivity index (χ2v) is 5.21. The van der Waals surface area contributed by atoms with E-state index >= 15 is 0 Å². The third-order valence-corrected chi connectivity index (χ3v) is 2.79. The van der Waals surface area contributed by atoms with Crippen LogP contribution in [0.15, 0.2) is 0 Å². The first-order valence-electron chi connectivity index (χ1n) is 7.79. The molecular formula is C15H32N2O3. The van der Waals surface area contributed by atoms with Crippen LogP contribution in [0.25, 0.3) is 0 Å². The van der Waals surface area contributed by atoms with Gasteiger partial charge in [-0.25, -0.2) is 0 Å². The molecule has 0 bridgehead atoms. The number of rotatable bonds is 14. The number of nitrogens with one attached hydrogen (secondary N) is 2. The molecule has 5 heteroatoms. The van der Waals surface area contributed by atoms with Crippen molar-refractivity contribution in [3.05, 3.63) is 0 Å². The minimum Gasteiger partial charge on any atom is -0.381 e. The van der Waals surface area contributed by atoms with Crippen molar-refractivity contribution in [2.45, 2.75) is 40.0 Å². The second kappa shape index (κ2) is 14.8. The molecule has 0 saturated carbocycles. The average molecular weight is 288 g/mol. The SMILES string of the molecule is CCNCCOCCNC(=O)CCOCCCC(C)C. The zero-order valence-electron chi connectivity index (χ0n) is 13.4. The predicted octanol–water partition coefficient (Wildman–Crippen LogP) is 1.57. The van der Waals surface area contributed by atoms with Crippen LogP contribution in [-0.2, 0) is 14.3 Å². The molecule has 0 aromatic rings. The van der Waals surface area contributed by atoms with Gasteiger partial charge >= 0.3 is 0 Å². The van der Waals surface area contributed by atoms with Crippen molar-refractivity contribution in [3.8, 4) is 0 Å². The van der Waals surface area contributed by atoms with E-state index < -0.39 is 0 Å². The molecule has 20 heavy (non-hydrogen) atoms. The molecule has 120 valence electrons. The van der Waals surface area contributed by atoms with Crippen LogP contribution in [0.2, 0.25) is 0 Å². The summed E-state index contributed by atoms with van der Waals surface area (Å²) in [6.07, 6.45) is 2.68. The van der Waals surface area contributed by atoms with Gasteiger partial charge in [0.2, 0.25) is 5.91 Å². The molecule has 0 aromatic heterocycles. The molecule has 0 unspecified atom stereocenters. The summed E-state index contributed by atoms with van der Waals surface area (Å²) < 4.78 is 10.8. The van der Waals surface area contributed by atoms with Crippen molar-refractivity contribution in [1.82, 2.24) is 10.6 Å². The van der Waals surface area contributed by atoms with Gasteiger partial charge in [-0.05, 0) is 25.3 Å². The van der Waals surface area contributed by atoms with Crippen molar-refractivity contribution in [2.24, 2.45) is 5.92 Å². The summed E-state index contributed by atoms with van der Waals surface area (Å²) in [5, 5.41) is 5.99. The second-order valence-electron chi connectivity index (χ2n) is 5.21. The number of ether oxygens (including phenoxy) is 2. The number of likely N-dealkylation sites (N-methyl/N-ethyl adjacent to an activating group) is 1. The maximum Gasteiger partial charge on any atom is 0.222 e. The van der Waals surface area contributed by atoms with E-state index in [9.17, 15) is 4.79 Å². The maximum atomic E-state index is 11.5. The highest BCUT2D eigenvalue weighted by Gasteiger charge is 2.00. The summed E-state index contributed by atoms with van der Waals surface area (Å²) in [6, 6.07) is 0. The third kappa shape index (κ3) is 15.4. The lowest BCUT2D eigenvalue weighted by Gasteiger charge is -2.08. The summed E-state index contributed by atoms with van der Waals surface area (Å²) in [5.41, 5.74) is 0. The van der Waals surface area contributed by atoms with E-state index in [1.54, 1.807) is 0 Å². The highest BCUT2D eigenvalue weighted by atomic mass is 16.5. The first kappa shape index (κ1) is 19.4. The number of carbonyl (C=O) groups is 1. The normalized spacial score (nSPS) is 11.0. The fourth-order valence-corrected chi connectivity index (χ4v) is 1.63. The molecule has 0 aromatic carbocycles. The van der Waals surface area contributed by atoms with Gasteiger partial charge in [0.15, 0.2) is 0 Å². The van der Waals surface area contributed by atoms with Crippen LogP contribution in [0, 0.1) is 5.92 Å². The first-order chi connectivity index (χ1) is 9.66. The van der Waals surface area contributed by atoms with E-state index in [4.69, 9.17) is 9.47 Å². The van der Waals surface area contributed by atoms with Gasteiger partial charge in [0.25, 0.3) is 0 Å². The lowest BCUT2D eigenvalue weighted by Crippen LogP contribution is -2.29. The van der Waals surface area contributed by atoms with E-state index in [1.807, 2.05) is 0 Å². The van der Waals surface area contributed by atoms with Gasteiger partial charge in [0, 0.05) is 26.1 Å². The highest BCUT2D eigenvalue weighted by molar-refractivity contribution is 5.75. The Kier molecular flexibility index (Phi) is 14.3. The Bertz CT molecular complexity index is 223. The van der Waals surface area contributed by atoms with E-state index in [0.717, 1.165) is 32.0 Å². The first-order valence-corrected chi connectivity index (χ1v) is 7.79. The quantitative estimate of drug-likeness (QED) is 0.476. The Labute approximate surface area is 123 Å². The molecule has 1 amide bonds. The van der Waals surface area contributed by atoms with Gasteiger partial charge in [0.05, 0.1) is 19.8 Å².